The van der Waals surface area contributed by atoms with E-state index < -0.39 is 50.2 Å². The Morgan fingerprint density at radius 1 is 0.326 bits per heavy atom. The fraction of sp³-hybridized carbons (Fsp3) is 0.414. The zero-order valence-corrected chi connectivity index (χ0v) is 90.0. The minimum Gasteiger partial charge on any atom is -0.508 e. The van der Waals surface area contributed by atoms with E-state index in [0.717, 1.165) is 38.8 Å². The van der Waals surface area contributed by atoms with Gasteiger partial charge in [-0.15, -0.1) is 0 Å². The van der Waals surface area contributed by atoms with Crippen molar-refractivity contribution in [3.8, 4) is 34.5 Å². The van der Waals surface area contributed by atoms with Gasteiger partial charge in [-0.2, -0.15) is 0 Å². The average molecular weight is 1930 g/mol. The number of benzene rings is 13. The molecule has 0 bridgehead atoms. The summed E-state index contributed by atoms with van der Waals surface area (Å²) in [6.07, 6.45) is -0.306. The summed E-state index contributed by atoms with van der Waals surface area (Å²) in [5.41, 5.74) is 6.82. The van der Waals surface area contributed by atoms with E-state index in [1.54, 1.807) is 47.1 Å². The van der Waals surface area contributed by atoms with E-state index in [1.807, 2.05) is 130 Å². The van der Waals surface area contributed by atoms with Crippen LogP contribution in [-0.2, 0) is 71.1 Å². The maximum Gasteiger partial charge on any atom is 0.524 e. The van der Waals surface area contributed by atoms with Gasteiger partial charge in [0.15, 0.2) is 6.35 Å². The molecule has 22 heteroatoms. The maximum atomic E-state index is 14.3. The van der Waals surface area contributed by atoms with Crippen molar-refractivity contribution < 1.29 is 84.5 Å². The molecule has 13 aromatic rings. The Hall–Kier alpha value is -9.94. The highest BCUT2D eigenvalue weighted by atomic mass is 31.2. The Kier molecular flexibility index (Phi) is 35.9. The van der Waals surface area contributed by atoms with Crippen molar-refractivity contribution in [2.75, 3.05) is 27.2 Å². The topological polar surface area (TPSA) is 209 Å². The fourth-order valence-corrected chi connectivity index (χ4v) is 17.3. The van der Waals surface area contributed by atoms with Crippen LogP contribution in [0.2, 0.25) is 0 Å². The molecule has 1 atom stereocenters. The predicted octanol–water partition coefficient (Wildman–Crippen LogP) is 29.8. The maximum absolute atomic E-state index is 14.3. The van der Waals surface area contributed by atoms with Crippen molar-refractivity contribution in [3.05, 3.63) is 299 Å². The lowest BCUT2D eigenvalue weighted by molar-refractivity contribution is 0.00578. The molecule has 0 amide bonds. The molecule has 138 heavy (non-hydrogen) atoms. The van der Waals surface area contributed by atoms with Crippen LogP contribution in [0.4, 0.5) is 13.2 Å². The third kappa shape index (κ3) is 29.8. The summed E-state index contributed by atoms with van der Waals surface area (Å²) in [6, 6.07) is 75.7. The Morgan fingerprint density at radius 3 is 1.09 bits per heavy atom. The second-order valence-electron chi connectivity index (χ2n) is 46.0. The van der Waals surface area contributed by atoms with Crippen LogP contribution in [0.5, 0.6) is 34.5 Å². The average Bonchev–Trinajstić information content (AvgIpc) is 1.61. The number of ether oxygens (including phenoxy) is 3. The summed E-state index contributed by atoms with van der Waals surface area (Å²) in [5.74, 6) is 1.74. The van der Waals surface area contributed by atoms with Gasteiger partial charge in [-0.05, 0) is 264 Å². The molecule has 2 aliphatic rings. The summed E-state index contributed by atoms with van der Waals surface area (Å²) in [7, 11) is -5.32. The molecule has 0 radical (unpaired) electrons. The van der Waals surface area contributed by atoms with Crippen LogP contribution in [0.3, 0.4) is 0 Å². The van der Waals surface area contributed by atoms with Gasteiger partial charge in [0.25, 0.3) is 0 Å². The van der Waals surface area contributed by atoms with Gasteiger partial charge in [-0.3, -0.25) is 14.4 Å². The monoisotopic (exact) mass is 1930 g/mol. The number of methoxy groups -OCH3 is 2. The summed E-state index contributed by atoms with van der Waals surface area (Å²) in [5, 5.41) is 31.9. The van der Waals surface area contributed by atoms with Crippen LogP contribution < -0.4 is 29.7 Å². The van der Waals surface area contributed by atoms with E-state index >= 15 is 0 Å². The van der Waals surface area contributed by atoms with E-state index in [-0.39, 0.29) is 80.1 Å². The number of hydrogen-bond acceptors (Lipinski definition) is 12. The number of phosphoric acid groups is 1. The standard InChI is InChI=1S/C20H27BO2.C16H24BFO2.2C15H18O.2C14H16O.C12H18FO3P.C10H14FO4P/c1-18(2,3)17-13-15(12-14-10-8-9-11-16(14)17)21-22-19(4,5)20(6,7)23-21;1-14(2,3)13-11(9-8-10-12(13)18)17-19-15(4,5)16(6,7)20-17;1-15(2,3)14-10-12(16-4)9-11-7-5-6-8-13(11)14;1-15(2,3)14-12-8-6-5-7-11(12)9-10-13(14)16-4;1-14(2,3)13-9-11(15)8-10-6-4-5-7-12(10)13;1-14(2,3)12-8-10-6-4-5-7-11(10)9-13(12)15;1-12(2,3)11-9(13)6-5-7-10(11)16-8-17(4,14)15;1-10(2,3)9-7(11)5-4-6-8(9)15-16(12,13)14/h8-13H,1-7H3;8-10H,1-7H3;2*5-10H,1-4H3;2*4-9,15H,1-3H3;5-7H,8H2,1-4H3,(H,14,15);4-6H,1-3H3,(H2,12,13,14). The molecule has 13 aromatic carbocycles. The van der Waals surface area contributed by atoms with E-state index in [2.05, 4.69) is 263 Å². The number of hydrogen-bond donors (Lipinski definition) is 5. The normalized spacial score (nSPS) is 15.1. The number of phosphoric ester groups is 1. The van der Waals surface area contributed by atoms with Gasteiger partial charge in [0.1, 0.15) is 51.9 Å². The summed E-state index contributed by atoms with van der Waals surface area (Å²) in [6.45, 7) is 67.3. The molecule has 2 heterocycles. The van der Waals surface area contributed by atoms with Crippen LogP contribution in [0, 0.1) is 17.5 Å². The summed E-state index contributed by atoms with van der Waals surface area (Å²) < 4.78 is 109. The van der Waals surface area contributed by atoms with Crippen LogP contribution >= 0.6 is 15.2 Å². The Balaban J connectivity index is 0.000000194. The number of rotatable bonds is 9. The number of fused-ring (bicyclic) bond motifs is 5. The van der Waals surface area contributed by atoms with Gasteiger partial charge in [-0.25, -0.2) is 17.7 Å². The van der Waals surface area contributed by atoms with E-state index in [0.29, 0.717) is 28.4 Å². The van der Waals surface area contributed by atoms with Gasteiger partial charge in [-0.1, -0.05) is 330 Å². The summed E-state index contributed by atoms with van der Waals surface area (Å²) in [4.78, 5) is 26.6. The van der Waals surface area contributed by atoms with Crippen molar-refractivity contribution in [1.82, 2.24) is 0 Å². The van der Waals surface area contributed by atoms with Gasteiger partial charge >= 0.3 is 22.1 Å². The fourth-order valence-electron chi connectivity index (χ4n) is 16.5. The van der Waals surface area contributed by atoms with E-state index in [9.17, 15) is 37.4 Å². The van der Waals surface area contributed by atoms with Gasteiger partial charge in [0, 0.05) is 23.4 Å². The molecule has 0 aromatic heterocycles. The molecule has 1 unspecified atom stereocenters. The highest BCUT2D eigenvalue weighted by Crippen LogP contribution is 2.47. The second kappa shape index (κ2) is 43.7. The Morgan fingerprint density at radius 2 is 0.681 bits per heavy atom. The first kappa shape index (κ1) is 113. The quantitative estimate of drug-likeness (QED) is 0.0672. The SMILES string of the molecule is CC(C)(C)c1c(F)cccc1B1OC(C)(C)C(C)(C)O1.CC(C)(C)c1c(F)cccc1OCP(C)(=O)O.CC(C)(C)c1c(F)cccc1OP(=O)(O)O.CC(C)(C)c1cc(B2OC(C)(C)C(C)(C)O2)cc2ccccc12.CC(C)(C)c1cc(O)cc2ccccc12.CC(C)(C)c1cc2ccccc2cc1O.COc1cc(C(C)(C)C)c2ccccc2c1.COc1ccc2ccccc2c1C(C)(C)C. The number of aromatic hydroxyl groups is 2. The molecule has 2 fully saturated rings. The minimum atomic E-state index is -4.67. The van der Waals surface area contributed by atoms with Crippen molar-refractivity contribution in [3.63, 3.8) is 0 Å². The highest BCUT2D eigenvalue weighted by Gasteiger charge is 2.54. The molecule has 0 saturated carbocycles. The lowest BCUT2D eigenvalue weighted by atomic mass is 9.69. The molecule has 2 aliphatic heterocycles. The molecule has 15 nitrogen and oxygen atoms in total. The molecule has 0 aliphatic carbocycles. The first-order valence-corrected chi connectivity index (χ1v) is 50.9. The van der Waals surface area contributed by atoms with E-state index in [1.165, 1.54) is 108 Å². The van der Waals surface area contributed by atoms with Crippen LogP contribution in [0.15, 0.2) is 237 Å². The Labute approximate surface area is 821 Å². The van der Waals surface area contributed by atoms with Crippen LogP contribution in [0.25, 0.3) is 53.9 Å². The highest BCUT2D eigenvalue weighted by molar-refractivity contribution is 7.56. The largest absolute Gasteiger partial charge is 0.524 e. The lowest BCUT2D eigenvalue weighted by Crippen LogP contribution is -2.41. The first-order chi connectivity index (χ1) is 63.2. The number of phenolic OH excluding ortho intramolecular Hbond substituents is 2. The van der Waals surface area contributed by atoms with Crippen molar-refractivity contribution >= 4 is 94.2 Å². The number of phenols is 2. The predicted molar refractivity (Wildman–Crippen MR) is 570 cm³/mol. The molecule has 15 rings (SSSR count). The van der Waals surface area contributed by atoms with Gasteiger partial charge < -0.3 is 52.5 Å². The van der Waals surface area contributed by atoms with Gasteiger partial charge in [0.2, 0.25) is 7.37 Å². The first-order valence-electron chi connectivity index (χ1n) is 47.1. The molecule has 5 N–H and O–H groups in total. The van der Waals surface area contributed by atoms with E-state index in [4.69, 9.17) is 42.6 Å². The zero-order valence-electron chi connectivity index (χ0n) is 88.2. The van der Waals surface area contributed by atoms with Crippen molar-refractivity contribution in [1.29, 1.82) is 0 Å². The molecular weight excluding hydrogens is 1770 g/mol. The zero-order chi connectivity index (χ0) is 104. The summed E-state index contributed by atoms with van der Waals surface area (Å²) >= 11 is 0. The second-order valence-corrected chi connectivity index (χ2v) is 49.5. The molecule has 2 saturated heterocycles. The third-order valence-electron chi connectivity index (χ3n) is 24.7. The van der Waals surface area contributed by atoms with Crippen LogP contribution in [0.1, 0.15) is 266 Å². The smallest absolute Gasteiger partial charge is 0.508 e. The molecule has 742 valence electrons. The number of halogens is 3. The molecule has 0 spiro atoms. The van der Waals surface area contributed by atoms with Crippen molar-refractivity contribution in [2.24, 2.45) is 0 Å². The van der Waals surface area contributed by atoms with Crippen LogP contribution in [-0.4, -0.2) is 88.8 Å². The lowest BCUT2D eigenvalue weighted by Gasteiger charge is -2.32. The van der Waals surface area contributed by atoms with Gasteiger partial charge in [0.05, 0.1) is 36.6 Å². The Bertz CT molecular complexity index is 6440. The molecular formula is C116H151B2F3O15P2. The van der Waals surface area contributed by atoms with Crippen molar-refractivity contribution in [2.45, 2.75) is 287 Å². The minimum absolute atomic E-state index is 0.0197. The third-order valence-corrected chi connectivity index (χ3v) is 25.8.